The van der Waals surface area contributed by atoms with Crippen LogP contribution in [0.2, 0.25) is 0 Å². The number of rotatable bonds is 7. The van der Waals surface area contributed by atoms with Crippen molar-refractivity contribution in [2.45, 2.75) is 91.6 Å². The van der Waals surface area contributed by atoms with Gasteiger partial charge in [0.05, 0.1) is 17.2 Å². The molecule has 1 aliphatic heterocycles. The lowest BCUT2D eigenvalue weighted by atomic mass is 9.76. The number of allylic oxidation sites excluding steroid dienone is 2. The number of ether oxygens (including phenoxy) is 1. The van der Waals surface area contributed by atoms with Crippen LogP contribution in [0.5, 0.6) is 0 Å². The van der Waals surface area contributed by atoms with Crippen LogP contribution in [0.25, 0.3) is 0 Å². The monoisotopic (exact) mass is 453 g/mol. The van der Waals surface area contributed by atoms with Crippen molar-refractivity contribution in [1.82, 2.24) is 0 Å². The number of anilines is 1. The summed E-state index contributed by atoms with van der Waals surface area (Å²) in [5, 5.41) is 13.3. The van der Waals surface area contributed by atoms with Gasteiger partial charge in [-0.3, -0.25) is 4.79 Å². The number of hydrogen-bond donors (Lipinski definition) is 2. The van der Waals surface area contributed by atoms with Crippen molar-refractivity contribution in [1.29, 1.82) is 0 Å². The average molecular weight is 454 g/mol. The van der Waals surface area contributed by atoms with Gasteiger partial charge in [0.1, 0.15) is 6.61 Å². The van der Waals surface area contributed by atoms with Crippen molar-refractivity contribution in [3.8, 4) is 0 Å². The highest BCUT2D eigenvalue weighted by Crippen LogP contribution is 2.47. The Labute approximate surface area is 198 Å². The number of carbonyl (C=O) groups excluding carboxylic acids is 1. The van der Waals surface area contributed by atoms with Gasteiger partial charge in [-0.05, 0) is 80.4 Å². The highest BCUT2D eigenvalue weighted by atomic mass is 16.5. The summed E-state index contributed by atoms with van der Waals surface area (Å²) in [6.45, 7) is 8.71. The molecule has 5 nitrogen and oxygen atoms in total. The molecule has 2 N–H and O–H groups in total. The summed E-state index contributed by atoms with van der Waals surface area (Å²) in [7, 11) is 1.91. The minimum atomic E-state index is -0.689. The molecule has 1 fully saturated rings. The lowest BCUT2D eigenvalue weighted by Crippen LogP contribution is -2.27. The van der Waals surface area contributed by atoms with Crippen LogP contribution in [-0.2, 0) is 22.6 Å². The molecular weight excluding hydrogens is 414 g/mol. The van der Waals surface area contributed by atoms with Crippen molar-refractivity contribution in [3.63, 3.8) is 0 Å². The third kappa shape index (κ3) is 4.20. The lowest BCUT2D eigenvalue weighted by Gasteiger charge is -2.29. The van der Waals surface area contributed by atoms with Gasteiger partial charge in [-0.2, -0.15) is 0 Å². The van der Waals surface area contributed by atoms with Gasteiger partial charge in [0.25, 0.3) is 0 Å². The second kappa shape index (κ2) is 9.52. The van der Waals surface area contributed by atoms with E-state index in [1.54, 1.807) is 0 Å². The van der Waals surface area contributed by atoms with Crippen molar-refractivity contribution in [2.75, 3.05) is 12.4 Å². The molecule has 33 heavy (non-hydrogen) atoms. The molecule has 1 aromatic rings. The molecular formula is C28H39NO4. The molecule has 0 aromatic heterocycles. The second-order valence-electron chi connectivity index (χ2n) is 10.6. The molecule has 4 rings (SSSR count). The fourth-order valence-corrected chi connectivity index (χ4v) is 6.85. The van der Waals surface area contributed by atoms with Gasteiger partial charge in [-0.1, -0.05) is 44.3 Å². The third-order valence-electron chi connectivity index (χ3n) is 8.55. The molecule has 0 bridgehead atoms. The molecule has 1 aromatic carbocycles. The number of hydrogen-bond acceptors (Lipinski definition) is 4. The largest absolute Gasteiger partial charge is 0.481 e. The van der Waals surface area contributed by atoms with Crippen LogP contribution in [-0.4, -0.2) is 24.1 Å². The molecule has 0 spiro atoms. The van der Waals surface area contributed by atoms with Crippen molar-refractivity contribution in [3.05, 3.63) is 39.0 Å². The summed E-state index contributed by atoms with van der Waals surface area (Å²) in [6, 6.07) is 0. The average Bonchev–Trinajstić information content (AvgIpc) is 3.33. The minimum absolute atomic E-state index is 0.0918. The number of fused-ring (bicyclic) bond motifs is 1. The fourth-order valence-electron chi connectivity index (χ4n) is 6.85. The van der Waals surface area contributed by atoms with E-state index in [1.807, 2.05) is 20.9 Å². The number of carboxylic acid groups (broad SMARTS) is 1. The van der Waals surface area contributed by atoms with Crippen LogP contribution in [0.15, 0.2) is 11.1 Å². The van der Waals surface area contributed by atoms with Crippen LogP contribution in [0.3, 0.4) is 0 Å². The van der Waals surface area contributed by atoms with Gasteiger partial charge in [0.15, 0.2) is 0 Å². The summed E-state index contributed by atoms with van der Waals surface area (Å²) >= 11 is 0. The third-order valence-corrected chi connectivity index (χ3v) is 8.55. The number of carbonyl (C=O) groups is 2. The first-order chi connectivity index (χ1) is 15.8. The first-order valence-corrected chi connectivity index (χ1v) is 12.7. The first kappa shape index (κ1) is 23.8. The van der Waals surface area contributed by atoms with Crippen molar-refractivity contribution >= 4 is 17.6 Å². The SMILES string of the molecule is CNc1c(CC2=C(C)[C@H]([C@@H](C(=O)O)C(C)C)CC2)c(C2CCCCC2)c(C)c2c1C(=O)OC2. The molecule has 2 aliphatic carbocycles. The summed E-state index contributed by atoms with van der Waals surface area (Å²) in [6.07, 6.45) is 8.81. The van der Waals surface area contributed by atoms with Gasteiger partial charge in [-0.25, -0.2) is 4.79 Å². The molecule has 0 radical (unpaired) electrons. The maximum absolute atomic E-state index is 12.7. The Balaban J connectivity index is 1.81. The maximum atomic E-state index is 12.7. The molecule has 1 saturated carbocycles. The number of cyclic esters (lactones) is 1. The number of benzene rings is 1. The van der Waals surface area contributed by atoms with Gasteiger partial charge in [-0.15, -0.1) is 0 Å². The molecule has 180 valence electrons. The Bertz CT molecular complexity index is 984. The van der Waals surface area contributed by atoms with Crippen LogP contribution < -0.4 is 5.32 Å². The van der Waals surface area contributed by atoms with E-state index < -0.39 is 5.97 Å². The van der Waals surface area contributed by atoms with E-state index in [0.717, 1.165) is 30.5 Å². The Morgan fingerprint density at radius 3 is 2.45 bits per heavy atom. The van der Waals surface area contributed by atoms with Crippen LogP contribution >= 0.6 is 0 Å². The van der Waals surface area contributed by atoms with Gasteiger partial charge < -0.3 is 15.2 Å². The number of aliphatic carboxylic acids is 1. The van der Waals surface area contributed by atoms with Crippen LogP contribution in [0.1, 0.15) is 104 Å². The predicted octanol–water partition coefficient (Wildman–Crippen LogP) is 6.38. The van der Waals surface area contributed by atoms with E-state index in [0.29, 0.717) is 18.1 Å². The first-order valence-electron chi connectivity index (χ1n) is 12.7. The quantitative estimate of drug-likeness (QED) is 0.370. The van der Waals surface area contributed by atoms with E-state index >= 15 is 0 Å². The topological polar surface area (TPSA) is 75.6 Å². The van der Waals surface area contributed by atoms with Crippen molar-refractivity contribution < 1.29 is 19.4 Å². The second-order valence-corrected chi connectivity index (χ2v) is 10.6. The number of nitrogens with one attached hydrogen (secondary N) is 1. The molecule has 2 atom stereocenters. The molecule has 3 aliphatic rings. The number of esters is 1. The Morgan fingerprint density at radius 2 is 1.85 bits per heavy atom. The maximum Gasteiger partial charge on any atom is 0.341 e. The Kier molecular flexibility index (Phi) is 6.88. The molecule has 1 heterocycles. The standard InChI is InChI=1S/C28H39NO4/c1-15(2)23(27(30)31)20-12-11-19(16(20)3)13-21-24(18-9-7-6-8-10-18)17(4)22-14-33-28(32)25(22)26(21)29-5/h15,18,20,23,29H,6-14H2,1-5H3,(H,30,31)/t20-,23+/m1/s1. The predicted molar refractivity (Wildman–Crippen MR) is 131 cm³/mol. The van der Waals surface area contributed by atoms with E-state index in [9.17, 15) is 14.7 Å². The number of carboxylic acids is 1. The summed E-state index contributed by atoms with van der Waals surface area (Å²) in [4.78, 5) is 24.7. The summed E-state index contributed by atoms with van der Waals surface area (Å²) in [5.41, 5.74) is 9.18. The lowest BCUT2D eigenvalue weighted by molar-refractivity contribution is -0.145. The van der Waals surface area contributed by atoms with Gasteiger partial charge in [0.2, 0.25) is 0 Å². The van der Waals surface area contributed by atoms with Crippen LogP contribution in [0.4, 0.5) is 5.69 Å². The zero-order chi connectivity index (χ0) is 23.9. The normalized spacial score (nSPS) is 22.0. The van der Waals surface area contributed by atoms with Crippen LogP contribution in [0, 0.1) is 24.7 Å². The highest BCUT2D eigenvalue weighted by molar-refractivity contribution is 6.01. The van der Waals surface area contributed by atoms with Gasteiger partial charge in [0, 0.05) is 12.6 Å². The summed E-state index contributed by atoms with van der Waals surface area (Å²) in [5.74, 6) is -0.554. The molecule has 0 saturated heterocycles. The Morgan fingerprint density at radius 1 is 1.15 bits per heavy atom. The smallest absolute Gasteiger partial charge is 0.341 e. The van der Waals surface area contributed by atoms with E-state index in [-0.39, 0.29) is 23.7 Å². The molecule has 0 unspecified atom stereocenters. The Hall–Kier alpha value is -2.30. The van der Waals surface area contributed by atoms with E-state index in [1.165, 1.54) is 59.9 Å². The summed E-state index contributed by atoms with van der Waals surface area (Å²) < 4.78 is 5.48. The molecule has 5 heteroatoms. The molecule has 0 amide bonds. The zero-order valence-electron chi connectivity index (χ0n) is 20.8. The zero-order valence-corrected chi connectivity index (χ0v) is 20.8. The fraction of sp³-hybridized carbons (Fsp3) is 0.643. The minimum Gasteiger partial charge on any atom is -0.481 e. The van der Waals surface area contributed by atoms with Crippen molar-refractivity contribution in [2.24, 2.45) is 17.8 Å². The van der Waals surface area contributed by atoms with E-state index in [4.69, 9.17) is 4.74 Å². The van der Waals surface area contributed by atoms with Gasteiger partial charge >= 0.3 is 11.9 Å². The highest BCUT2D eigenvalue weighted by Gasteiger charge is 2.38. The van der Waals surface area contributed by atoms with E-state index in [2.05, 4.69) is 19.2 Å².